The molecule has 12 aromatic rings. The molecule has 0 fully saturated rings. The molecule has 0 aliphatic carbocycles. The molecule has 0 aliphatic heterocycles. The SMILES string of the molecule is c1ccc(-c2nc(-n3c4ccccc4c4c5sc6ccccc6c5ccc43)nc(-n3c4ccccc4c4c5sc6ccccc6c5ccc43)n2)cc1. The van der Waals surface area contributed by atoms with Crippen LogP contribution in [0.25, 0.3) is 107 Å². The summed E-state index contributed by atoms with van der Waals surface area (Å²) in [5.74, 6) is 1.80. The summed E-state index contributed by atoms with van der Waals surface area (Å²) in [7, 11) is 0. The maximum absolute atomic E-state index is 5.40. The van der Waals surface area contributed by atoms with Gasteiger partial charge in [-0.2, -0.15) is 15.0 Å². The monoisotopic (exact) mass is 699 g/mol. The molecule has 0 amide bonds. The van der Waals surface area contributed by atoms with Crippen LogP contribution in [0.2, 0.25) is 0 Å². The van der Waals surface area contributed by atoms with Gasteiger partial charge in [0.2, 0.25) is 11.9 Å². The van der Waals surface area contributed by atoms with Gasteiger partial charge in [0.25, 0.3) is 0 Å². The van der Waals surface area contributed by atoms with Crippen molar-refractivity contribution in [3.8, 4) is 23.3 Å². The van der Waals surface area contributed by atoms with Crippen LogP contribution in [0.4, 0.5) is 0 Å². The van der Waals surface area contributed by atoms with Gasteiger partial charge in [-0.15, -0.1) is 22.7 Å². The average molecular weight is 700 g/mol. The normalized spacial score (nSPS) is 12.2. The average Bonchev–Trinajstić information content (AvgIpc) is 3.95. The summed E-state index contributed by atoms with van der Waals surface area (Å²) in [4.78, 5) is 15.9. The van der Waals surface area contributed by atoms with Crippen molar-refractivity contribution < 1.29 is 0 Å². The van der Waals surface area contributed by atoms with Crippen LogP contribution in [0.15, 0.2) is 152 Å². The summed E-state index contributed by atoms with van der Waals surface area (Å²) in [6, 6.07) is 53.9. The van der Waals surface area contributed by atoms with Crippen LogP contribution in [-0.4, -0.2) is 24.1 Å². The van der Waals surface area contributed by atoms with Crippen LogP contribution in [0.5, 0.6) is 0 Å². The van der Waals surface area contributed by atoms with E-state index in [1.165, 1.54) is 61.9 Å². The number of thiophene rings is 2. The summed E-state index contributed by atoms with van der Waals surface area (Å²) in [6.07, 6.45) is 0. The van der Waals surface area contributed by atoms with E-state index in [9.17, 15) is 0 Å². The van der Waals surface area contributed by atoms with Crippen LogP contribution in [0.3, 0.4) is 0 Å². The Hall–Kier alpha value is -6.41. The molecule has 7 heteroatoms. The first-order valence-corrected chi connectivity index (χ1v) is 18.9. The third-order valence-electron chi connectivity index (χ3n) is 10.4. The highest BCUT2D eigenvalue weighted by Gasteiger charge is 2.23. The first-order valence-electron chi connectivity index (χ1n) is 17.3. The zero-order valence-corrected chi connectivity index (χ0v) is 29.1. The van der Waals surface area contributed by atoms with Gasteiger partial charge in [0.15, 0.2) is 5.82 Å². The van der Waals surface area contributed by atoms with E-state index in [2.05, 4.69) is 143 Å². The quantitative estimate of drug-likeness (QED) is 0.184. The van der Waals surface area contributed by atoms with E-state index >= 15 is 0 Å². The summed E-state index contributed by atoms with van der Waals surface area (Å²) in [6.45, 7) is 0. The first kappa shape index (κ1) is 28.3. The lowest BCUT2D eigenvalue weighted by Crippen LogP contribution is -2.10. The van der Waals surface area contributed by atoms with Crippen LogP contribution < -0.4 is 0 Å². The zero-order valence-electron chi connectivity index (χ0n) is 27.5. The van der Waals surface area contributed by atoms with E-state index in [-0.39, 0.29) is 0 Å². The van der Waals surface area contributed by atoms with Gasteiger partial charge in [-0.05, 0) is 36.4 Å². The number of para-hydroxylation sites is 2. The lowest BCUT2D eigenvalue weighted by atomic mass is 10.1. The Balaban J connectivity index is 1.21. The van der Waals surface area contributed by atoms with Crippen LogP contribution in [-0.2, 0) is 0 Å². The Morgan fingerprint density at radius 3 is 1.31 bits per heavy atom. The molecule has 12 rings (SSSR count). The molecule has 5 heterocycles. The van der Waals surface area contributed by atoms with Gasteiger partial charge in [-0.1, -0.05) is 115 Å². The highest BCUT2D eigenvalue weighted by atomic mass is 32.1. The highest BCUT2D eigenvalue weighted by molar-refractivity contribution is 7.27. The summed E-state index contributed by atoms with van der Waals surface area (Å²) in [5.41, 5.74) is 5.21. The van der Waals surface area contributed by atoms with Crippen LogP contribution in [0, 0.1) is 0 Å². The van der Waals surface area contributed by atoms with Gasteiger partial charge in [-0.3, -0.25) is 9.13 Å². The highest BCUT2D eigenvalue weighted by Crippen LogP contribution is 2.45. The molecular formula is C45H25N5S2. The molecule has 5 aromatic heterocycles. The maximum Gasteiger partial charge on any atom is 0.240 e. The molecule has 0 atom stereocenters. The summed E-state index contributed by atoms with van der Waals surface area (Å²) < 4.78 is 9.58. The molecule has 0 aliphatic rings. The van der Waals surface area contributed by atoms with Gasteiger partial charge >= 0.3 is 0 Å². The Kier molecular flexibility index (Phi) is 5.75. The molecular weight excluding hydrogens is 675 g/mol. The molecule has 0 spiro atoms. The van der Waals surface area contributed by atoms with Gasteiger partial charge in [0, 0.05) is 67.5 Å². The molecule has 0 saturated carbocycles. The van der Waals surface area contributed by atoms with E-state index in [1.807, 2.05) is 40.9 Å². The maximum atomic E-state index is 5.40. The summed E-state index contributed by atoms with van der Waals surface area (Å²) in [5, 5.41) is 9.93. The second-order valence-electron chi connectivity index (χ2n) is 13.2. The number of nitrogens with zero attached hydrogens (tertiary/aromatic N) is 5. The van der Waals surface area contributed by atoms with Crippen molar-refractivity contribution in [3.63, 3.8) is 0 Å². The van der Waals surface area contributed by atoms with E-state index in [0.29, 0.717) is 17.7 Å². The number of aromatic nitrogens is 5. The van der Waals surface area contributed by atoms with E-state index < -0.39 is 0 Å². The van der Waals surface area contributed by atoms with Crippen molar-refractivity contribution in [2.24, 2.45) is 0 Å². The number of benzene rings is 7. The second kappa shape index (κ2) is 10.6. The predicted octanol–water partition coefficient (Wildman–Crippen LogP) is 12.5. The fourth-order valence-electron chi connectivity index (χ4n) is 8.17. The molecule has 7 aromatic carbocycles. The fraction of sp³-hybridized carbons (Fsp3) is 0. The largest absolute Gasteiger partial charge is 0.278 e. The number of rotatable bonds is 3. The van der Waals surface area contributed by atoms with Crippen molar-refractivity contribution >= 4 is 107 Å². The van der Waals surface area contributed by atoms with Crippen LogP contribution >= 0.6 is 22.7 Å². The number of hydrogen-bond acceptors (Lipinski definition) is 5. The second-order valence-corrected chi connectivity index (χ2v) is 15.3. The minimum atomic E-state index is 0.587. The van der Waals surface area contributed by atoms with Gasteiger partial charge < -0.3 is 0 Å². The molecule has 52 heavy (non-hydrogen) atoms. The third-order valence-corrected chi connectivity index (χ3v) is 12.8. The van der Waals surface area contributed by atoms with Crippen molar-refractivity contribution in [1.29, 1.82) is 0 Å². The van der Waals surface area contributed by atoms with E-state index in [4.69, 9.17) is 15.0 Å². The predicted molar refractivity (Wildman–Crippen MR) is 220 cm³/mol. The number of fused-ring (bicyclic) bond motifs is 14. The lowest BCUT2D eigenvalue weighted by molar-refractivity contribution is 0.893. The van der Waals surface area contributed by atoms with Gasteiger partial charge in [0.1, 0.15) is 0 Å². The smallest absolute Gasteiger partial charge is 0.240 e. The lowest BCUT2D eigenvalue weighted by Gasteiger charge is -2.12. The Morgan fingerprint density at radius 2 is 0.788 bits per heavy atom. The minimum absolute atomic E-state index is 0.587. The van der Waals surface area contributed by atoms with Gasteiger partial charge in [-0.25, -0.2) is 0 Å². The number of hydrogen-bond donors (Lipinski definition) is 0. The standard InChI is InChI=1S/C45H25N5S2/c1-2-12-26(13-3-1)43-46-44(49-33-18-8-4-16-31(33)39-35(49)24-22-29-27-14-6-10-20-37(27)51-41(29)39)48-45(47-43)50-34-19-9-5-17-32(34)40-36(50)25-23-30-28-15-7-11-21-38(28)52-42(30)40/h1-25H. The zero-order chi connectivity index (χ0) is 33.9. The fourth-order valence-corrected chi connectivity index (χ4v) is 10.7. The van der Waals surface area contributed by atoms with Crippen LogP contribution in [0.1, 0.15) is 0 Å². The molecule has 0 bridgehead atoms. The molecule has 0 unspecified atom stereocenters. The molecule has 0 radical (unpaired) electrons. The molecule has 0 saturated heterocycles. The van der Waals surface area contributed by atoms with Crippen molar-refractivity contribution in [2.45, 2.75) is 0 Å². The van der Waals surface area contributed by atoms with Crippen molar-refractivity contribution in [2.75, 3.05) is 0 Å². The topological polar surface area (TPSA) is 48.5 Å². The Morgan fingerprint density at radius 1 is 0.346 bits per heavy atom. The van der Waals surface area contributed by atoms with E-state index in [1.54, 1.807) is 0 Å². The first-order chi connectivity index (χ1) is 25.8. The molecule has 0 N–H and O–H groups in total. The Labute approximate surface area is 304 Å². The molecule has 242 valence electrons. The minimum Gasteiger partial charge on any atom is -0.278 e. The third kappa shape index (κ3) is 3.83. The van der Waals surface area contributed by atoms with Crippen molar-refractivity contribution in [1.82, 2.24) is 24.1 Å². The Bertz CT molecular complexity index is 3220. The summed E-state index contributed by atoms with van der Waals surface area (Å²) >= 11 is 3.70. The van der Waals surface area contributed by atoms with Crippen molar-refractivity contribution in [3.05, 3.63) is 152 Å². The molecule has 5 nitrogen and oxygen atoms in total. The van der Waals surface area contributed by atoms with E-state index in [0.717, 1.165) is 27.6 Å². The van der Waals surface area contributed by atoms with Gasteiger partial charge in [0.05, 0.1) is 22.1 Å².